The van der Waals surface area contributed by atoms with E-state index in [9.17, 15) is 18.0 Å². The molecule has 0 aliphatic carbocycles. The molecule has 11 heteroatoms. The molecule has 0 saturated heterocycles. The number of pyridine rings is 1. The summed E-state index contributed by atoms with van der Waals surface area (Å²) in [5.74, 6) is -0.125. The number of nitrogens with zero attached hydrogens (tertiary/aromatic N) is 3. The van der Waals surface area contributed by atoms with Gasteiger partial charge in [-0.25, -0.2) is 18.7 Å². The van der Waals surface area contributed by atoms with Gasteiger partial charge in [0, 0.05) is 24.1 Å². The summed E-state index contributed by atoms with van der Waals surface area (Å²) in [5, 5.41) is 5.37. The van der Waals surface area contributed by atoms with Crippen molar-refractivity contribution in [2.45, 2.75) is 19.7 Å². The van der Waals surface area contributed by atoms with E-state index < -0.39 is 18.7 Å². The molecule has 0 saturated carbocycles. The quantitative estimate of drug-likeness (QED) is 0.522. The second kappa shape index (κ2) is 10.2. The number of halogens is 3. The van der Waals surface area contributed by atoms with Crippen LogP contribution >= 0.6 is 0 Å². The molecule has 0 spiro atoms. The van der Waals surface area contributed by atoms with Crippen LogP contribution in [-0.4, -0.2) is 40.2 Å². The average Bonchev–Trinajstić information content (AvgIpc) is 2.76. The van der Waals surface area contributed by atoms with Gasteiger partial charge in [-0.05, 0) is 37.3 Å². The van der Waals surface area contributed by atoms with E-state index in [1.807, 2.05) is 6.92 Å². The van der Waals surface area contributed by atoms with Gasteiger partial charge in [0.15, 0.2) is 0 Å². The van der Waals surface area contributed by atoms with E-state index in [1.54, 1.807) is 24.3 Å². The monoisotopic (exact) mass is 433 g/mol. The number of rotatable bonds is 9. The van der Waals surface area contributed by atoms with Crippen molar-refractivity contribution in [1.29, 1.82) is 0 Å². The van der Waals surface area contributed by atoms with E-state index in [4.69, 9.17) is 4.74 Å². The lowest BCUT2D eigenvalue weighted by Crippen LogP contribution is -2.21. The van der Waals surface area contributed by atoms with Gasteiger partial charge in [0.2, 0.25) is 5.95 Å². The van der Waals surface area contributed by atoms with Crippen molar-refractivity contribution in [2.24, 2.45) is 0 Å². The number of benzene rings is 1. The Morgan fingerprint density at radius 2 is 1.87 bits per heavy atom. The second-order valence-electron chi connectivity index (χ2n) is 5.98. The molecule has 162 valence electrons. The van der Waals surface area contributed by atoms with Crippen LogP contribution in [0.3, 0.4) is 0 Å². The Hall–Kier alpha value is -3.89. The minimum atomic E-state index is -3.34. The topological polar surface area (TPSA) is 98.3 Å². The average molecular weight is 433 g/mol. The van der Waals surface area contributed by atoms with Gasteiger partial charge in [0.05, 0.1) is 12.8 Å². The minimum Gasteiger partial charge on any atom is -0.494 e. The van der Waals surface area contributed by atoms with Crippen LogP contribution in [0.5, 0.6) is 11.5 Å². The zero-order chi connectivity index (χ0) is 22.2. The van der Waals surface area contributed by atoms with Crippen LogP contribution in [0.2, 0.25) is 0 Å². The Morgan fingerprint density at radius 1 is 1.10 bits per heavy atom. The van der Waals surface area contributed by atoms with E-state index in [0.29, 0.717) is 18.0 Å². The predicted octanol–water partition coefficient (Wildman–Crippen LogP) is 4.21. The number of carbonyl (C=O) groups excluding carboxylic acids is 1. The molecule has 0 aliphatic heterocycles. The molecule has 3 rings (SSSR count). The Morgan fingerprint density at radius 3 is 2.58 bits per heavy atom. The molecule has 0 bridgehead atoms. The number of carbonyl (C=O) groups is 1. The number of aromatic nitrogens is 3. The van der Waals surface area contributed by atoms with E-state index in [1.165, 1.54) is 18.5 Å². The largest absolute Gasteiger partial charge is 0.494 e. The van der Waals surface area contributed by atoms with Crippen molar-refractivity contribution in [3.63, 3.8) is 0 Å². The number of ether oxygens (including phenoxy) is 2. The van der Waals surface area contributed by atoms with Gasteiger partial charge in [-0.1, -0.05) is 0 Å². The molecule has 2 N–H and O–H groups in total. The number of hydrogen-bond acceptors (Lipinski definition) is 7. The highest BCUT2D eigenvalue weighted by molar-refractivity contribution is 6.03. The van der Waals surface area contributed by atoms with E-state index in [-0.39, 0.29) is 23.1 Å². The Labute approximate surface area is 175 Å². The predicted molar refractivity (Wildman–Crippen MR) is 107 cm³/mol. The first-order chi connectivity index (χ1) is 15.0. The molecule has 2 aromatic heterocycles. The molecule has 1 aromatic carbocycles. The lowest BCUT2D eigenvalue weighted by molar-refractivity contribution is -0.0665. The summed E-state index contributed by atoms with van der Waals surface area (Å²) < 4.78 is 48.0. The van der Waals surface area contributed by atoms with Crippen molar-refractivity contribution in [2.75, 3.05) is 17.2 Å². The molecule has 2 heterocycles. The van der Waals surface area contributed by atoms with Gasteiger partial charge < -0.3 is 20.1 Å². The Bertz CT molecular complexity index is 1020. The molecule has 1 atom stereocenters. The van der Waals surface area contributed by atoms with Crippen LogP contribution in [-0.2, 0) is 0 Å². The van der Waals surface area contributed by atoms with Gasteiger partial charge >= 0.3 is 6.43 Å². The zero-order valence-electron chi connectivity index (χ0n) is 16.3. The van der Waals surface area contributed by atoms with E-state index in [2.05, 4.69) is 30.3 Å². The fourth-order valence-electron chi connectivity index (χ4n) is 2.41. The van der Waals surface area contributed by atoms with Gasteiger partial charge in [-0.15, -0.1) is 0 Å². The zero-order valence-corrected chi connectivity index (χ0v) is 16.3. The summed E-state index contributed by atoms with van der Waals surface area (Å²) in [7, 11) is 0. The molecule has 1 amide bonds. The maximum atomic E-state index is 13.2. The first-order valence-corrected chi connectivity index (χ1v) is 9.13. The molecule has 31 heavy (non-hydrogen) atoms. The van der Waals surface area contributed by atoms with Crippen molar-refractivity contribution in [3.05, 3.63) is 60.7 Å². The van der Waals surface area contributed by atoms with Gasteiger partial charge in [0.1, 0.15) is 22.9 Å². The van der Waals surface area contributed by atoms with Crippen LogP contribution in [0.15, 0.2) is 55.0 Å². The van der Waals surface area contributed by atoms with E-state index in [0.717, 1.165) is 12.3 Å². The molecule has 1 unspecified atom stereocenters. The maximum Gasteiger partial charge on any atom is 0.304 e. The summed E-state index contributed by atoms with van der Waals surface area (Å²) >= 11 is 0. The Balaban J connectivity index is 1.71. The normalized spacial score (nSPS) is 11.6. The van der Waals surface area contributed by atoms with Crippen LogP contribution in [0.1, 0.15) is 17.4 Å². The van der Waals surface area contributed by atoms with Crippen LogP contribution < -0.4 is 20.1 Å². The number of amides is 1. The van der Waals surface area contributed by atoms with Crippen LogP contribution in [0.25, 0.3) is 0 Å². The van der Waals surface area contributed by atoms with E-state index >= 15 is 0 Å². The van der Waals surface area contributed by atoms with Crippen molar-refractivity contribution >= 4 is 23.2 Å². The summed E-state index contributed by atoms with van der Waals surface area (Å²) in [4.78, 5) is 24.5. The molecular formula is C20H18F3N5O3. The lowest BCUT2D eigenvalue weighted by Gasteiger charge is -2.14. The summed E-state index contributed by atoms with van der Waals surface area (Å²) in [5.41, 5.74) is 0.560. The second-order valence-corrected chi connectivity index (χ2v) is 5.98. The van der Waals surface area contributed by atoms with Gasteiger partial charge in [0.25, 0.3) is 12.3 Å². The summed E-state index contributed by atoms with van der Waals surface area (Å²) in [6, 6.07) is 9.57. The third-order valence-corrected chi connectivity index (χ3v) is 3.78. The summed E-state index contributed by atoms with van der Waals surface area (Å²) in [6.07, 6.45) is -2.46. The van der Waals surface area contributed by atoms with Crippen molar-refractivity contribution in [3.8, 4) is 11.5 Å². The highest BCUT2D eigenvalue weighted by Gasteiger charge is 2.23. The van der Waals surface area contributed by atoms with Gasteiger partial charge in [-0.3, -0.25) is 9.78 Å². The Kier molecular flexibility index (Phi) is 7.20. The maximum absolute atomic E-state index is 13.2. The summed E-state index contributed by atoms with van der Waals surface area (Å²) in [6.45, 7) is 2.43. The number of nitrogens with one attached hydrogen (secondary N) is 2. The third kappa shape index (κ3) is 6.04. The molecule has 0 radical (unpaired) electrons. The minimum absolute atomic E-state index is 0.0242. The fourth-order valence-corrected chi connectivity index (χ4v) is 2.41. The van der Waals surface area contributed by atoms with Crippen LogP contribution in [0.4, 0.5) is 30.5 Å². The molecule has 8 nitrogen and oxygen atoms in total. The molecule has 0 fully saturated rings. The first kappa shape index (κ1) is 21.8. The van der Waals surface area contributed by atoms with Gasteiger partial charge in [-0.2, -0.15) is 4.39 Å². The van der Waals surface area contributed by atoms with Crippen LogP contribution in [0, 0.1) is 0 Å². The smallest absolute Gasteiger partial charge is 0.304 e. The standard InChI is InChI=1S/C20H18F3N5O3/c1-2-30-13-5-3-12(4-6-13)26-20-25-10-7-14(28-20)19(29)27-15-11-24-9-8-16(15)31-18(23)17(21)22/h3-11,17-18H,2H2,1H3,(H,27,29)(H,25,26,28). The molecule has 3 aromatic rings. The highest BCUT2D eigenvalue weighted by atomic mass is 19.3. The lowest BCUT2D eigenvalue weighted by atomic mass is 10.3. The third-order valence-electron chi connectivity index (χ3n) is 3.78. The van der Waals surface area contributed by atoms with Crippen molar-refractivity contribution in [1.82, 2.24) is 15.0 Å². The first-order valence-electron chi connectivity index (χ1n) is 9.13. The SMILES string of the molecule is CCOc1ccc(Nc2nccc(C(=O)Nc3cnccc3OC(F)C(F)F)n2)cc1. The number of anilines is 3. The molecular weight excluding hydrogens is 415 g/mol. The van der Waals surface area contributed by atoms with Crippen molar-refractivity contribution < 1.29 is 27.4 Å². The highest BCUT2D eigenvalue weighted by Crippen LogP contribution is 2.26. The molecule has 0 aliphatic rings. The number of alkyl halides is 3. The number of hydrogen-bond donors (Lipinski definition) is 2. The fraction of sp³-hybridized carbons (Fsp3) is 0.200.